The third-order valence-corrected chi connectivity index (χ3v) is 14.7. The number of halogens is 17. The Labute approximate surface area is 316 Å². The van der Waals surface area contributed by atoms with E-state index in [1.165, 1.54) is 57.4 Å². The van der Waals surface area contributed by atoms with E-state index in [1.807, 2.05) is 0 Å². The summed E-state index contributed by atoms with van der Waals surface area (Å²) in [5.41, 5.74) is 1.23. The van der Waals surface area contributed by atoms with Crippen LogP contribution in [0.3, 0.4) is 0 Å². The van der Waals surface area contributed by atoms with Gasteiger partial charge in [-0.25, -0.2) is 5.48 Å². The zero-order chi connectivity index (χ0) is 45.0. The van der Waals surface area contributed by atoms with Crippen molar-refractivity contribution in [2.45, 2.75) is 125 Å². The van der Waals surface area contributed by atoms with Gasteiger partial charge < -0.3 is 14.3 Å². The lowest BCUT2D eigenvalue weighted by molar-refractivity contribution is -0.461. The number of ether oxygens (including phenoxy) is 1. The van der Waals surface area contributed by atoms with Gasteiger partial charge >= 0.3 is 47.6 Å². The van der Waals surface area contributed by atoms with Crippen LogP contribution in [0.25, 0.3) is 0 Å². The van der Waals surface area contributed by atoms with E-state index in [1.54, 1.807) is 19.9 Å². The Hall–Kier alpha value is -3.12. The maximum Gasteiger partial charge on any atom is 0.460 e. The summed E-state index contributed by atoms with van der Waals surface area (Å²) >= 11 is 0. The van der Waals surface area contributed by atoms with E-state index in [0.717, 1.165) is 6.08 Å². The summed E-state index contributed by atoms with van der Waals surface area (Å²) in [7, 11) is -3.95. The van der Waals surface area contributed by atoms with Crippen molar-refractivity contribution in [3.8, 4) is 5.75 Å². The maximum atomic E-state index is 14.8. The highest BCUT2D eigenvalue weighted by Crippen LogP contribution is 2.64. The van der Waals surface area contributed by atoms with Gasteiger partial charge in [0, 0.05) is 12.5 Å². The minimum Gasteiger partial charge on any atom is -0.491 e. The lowest BCUT2D eigenvalue weighted by atomic mass is 9.88. The highest BCUT2D eigenvalue weighted by Gasteiger charge is 2.95. The summed E-state index contributed by atoms with van der Waals surface area (Å²) < 4.78 is 245. The van der Waals surface area contributed by atoms with Crippen molar-refractivity contribution in [3.05, 3.63) is 53.1 Å². The molecule has 0 fully saturated rings. The quantitative estimate of drug-likeness (QED) is 0.0218. The van der Waals surface area contributed by atoms with Crippen LogP contribution in [0.5, 0.6) is 5.75 Å². The first-order valence-electron chi connectivity index (χ1n) is 16.5. The van der Waals surface area contributed by atoms with Gasteiger partial charge in [-0.3, -0.25) is 10.0 Å². The predicted molar refractivity (Wildman–Crippen MR) is 171 cm³/mol. The van der Waals surface area contributed by atoms with Gasteiger partial charge in [0.25, 0.3) is 5.91 Å². The number of carbonyl (C=O) groups excluding carboxylic acids is 1. The van der Waals surface area contributed by atoms with Crippen molar-refractivity contribution in [1.82, 2.24) is 5.48 Å². The third kappa shape index (κ3) is 10.4. The van der Waals surface area contributed by atoms with Crippen LogP contribution >= 0.6 is 0 Å². The molecule has 0 saturated carbocycles. The fourth-order valence-electron chi connectivity index (χ4n) is 5.68. The van der Waals surface area contributed by atoms with Crippen LogP contribution in [-0.2, 0) is 9.22 Å². The monoisotopic (exact) mass is 881 g/mol. The first-order chi connectivity index (χ1) is 25.4. The fraction of sp³-hybridized carbons (Fsp3) is 0.667. The lowest BCUT2D eigenvalue weighted by Gasteiger charge is -2.44. The van der Waals surface area contributed by atoms with Crippen LogP contribution in [0.2, 0.25) is 17.1 Å². The SMILES string of the molecule is CC(=C\C(=O)NO)/C=C(\C)C[C@@H](O)c1ccc(OCCO[Si](CCC(F)(F)C(F)(F)C(F)(F)C(F)(F)C(F)(F)C(F)(F)C(F)(F)C(F)(F)F)(C(C)C)C(C)C)cc1. The number of alkyl halides is 17. The number of amides is 1. The van der Waals surface area contributed by atoms with Crippen molar-refractivity contribution in [1.29, 1.82) is 0 Å². The number of hydroxylamine groups is 1. The molecule has 24 heteroatoms. The summed E-state index contributed by atoms with van der Waals surface area (Å²) in [6.45, 7) is 7.63. The van der Waals surface area contributed by atoms with E-state index in [4.69, 9.17) is 14.4 Å². The van der Waals surface area contributed by atoms with Crippen LogP contribution in [0.15, 0.2) is 47.6 Å². The molecule has 1 rings (SSSR count). The van der Waals surface area contributed by atoms with Crippen LogP contribution in [0.1, 0.15) is 66.1 Å². The van der Waals surface area contributed by atoms with Gasteiger partial charge in [0.1, 0.15) is 12.4 Å². The molecule has 0 aliphatic rings. The molecular formula is C33H40F17NO5Si. The fourth-order valence-corrected chi connectivity index (χ4v) is 10.2. The molecule has 3 N–H and O–H groups in total. The van der Waals surface area contributed by atoms with Crippen LogP contribution < -0.4 is 10.2 Å². The average molecular weight is 882 g/mol. The van der Waals surface area contributed by atoms with Gasteiger partial charge in [-0.05, 0) is 60.7 Å². The maximum absolute atomic E-state index is 14.8. The Kier molecular flexibility index (Phi) is 16.4. The molecule has 0 aliphatic heterocycles. The Bertz CT molecular complexity index is 1550. The van der Waals surface area contributed by atoms with E-state index in [0.29, 0.717) is 16.7 Å². The van der Waals surface area contributed by atoms with Gasteiger partial charge in [-0.2, -0.15) is 74.6 Å². The summed E-state index contributed by atoms with van der Waals surface area (Å²) in [5, 5.41) is 19.1. The Morgan fingerprint density at radius 3 is 1.56 bits per heavy atom. The Morgan fingerprint density at radius 1 is 0.702 bits per heavy atom. The number of aliphatic hydroxyl groups excluding tert-OH is 1. The van der Waals surface area contributed by atoms with Crippen molar-refractivity contribution < 1.29 is 98.9 Å². The molecule has 0 aliphatic carbocycles. The molecule has 0 saturated heterocycles. The van der Waals surface area contributed by atoms with E-state index in [2.05, 4.69) is 0 Å². The molecular weight excluding hydrogens is 841 g/mol. The number of carbonyl (C=O) groups is 1. The Morgan fingerprint density at radius 2 is 1.14 bits per heavy atom. The number of nitrogens with one attached hydrogen (secondary N) is 1. The smallest absolute Gasteiger partial charge is 0.460 e. The normalized spacial score (nSPS) is 15.7. The summed E-state index contributed by atoms with van der Waals surface area (Å²) in [5.74, 6) is -57.3. The summed E-state index contributed by atoms with van der Waals surface area (Å²) in [4.78, 5) is 11.2. The predicted octanol–water partition coefficient (Wildman–Crippen LogP) is 11.1. The van der Waals surface area contributed by atoms with Crippen molar-refractivity contribution in [2.24, 2.45) is 0 Å². The number of aliphatic hydroxyl groups is 1. The van der Waals surface area contributed by atoms with Gasteiger partial charge in [-0.1, -0.05) is 51.5 Å². The molecule has 6 nitrogen and oxygen atoms in total. The molecule has 0 aromatic heterocycles. The van der Waals surface area contributed by atoms with E-state index >= 15 is 0 Å². The van der Waals surface area contributed by atoms with Gasteiger partial charge in [0.05, 0.1) is 12.7 Å². The van der Waals surface area contributed by atoms with Crippen LogP contribution in [-0.4, -0.2) is 85.4 Å². The molecule has 1 aromatic carbocycles. The molecule has 0 heterocycles. The standard InChI is InChI=1S/C33H40F17NO5Si/c1-18(2)57(19(3)4,56-13-12-55-23-9-7-22(8-10-23)24(52)16-20(5)15-21(6)17-25(53)51-54)14-11-26(34,35)27(36,37)28(38,39)29(40,41)30(42,43)31(44,45)32(46,47)33(48,49)50/h7-10,15,17-19,24,52,54H,11-14,16H2,1-6H3,(H,51,53)/b20-15+,21-17+/t24-/m1/s1. The highest BCUT2D eigenvalue weighted by atomic mass is 28.4. The molecule has 0 unspecified atom stereocenters. The number of hydrogen-bond acceptors (Lipinski definition) is 5. The van der Waals surface area contributed by atoms with Crippen molar-refractivity contribution in [3.63, 3.8) is 0 Å². The van der Waals surface area contributed by atoms with Gasteiger partial charge in [0.15, 0.2) is 8.32 Å². The summed E-state index contributed by atoms with van der Waals surface area (Å²) in [6.07, 6.45) is -8.61. The third-order valence-electron chi connectivity index (χ3n) is 9.02. The van der Waals surface area contributed by atoms with E-state index in [-0.39, 0.29) is 18.8 Å². The molecule has 1 atom stereocenters. The second kappa shape index (κ2) is 18.0. The highest BCUT2D eigenvalue weighted by molar-refractivity contribution is 6.76. The number of allylic oxidation sites excluding steroid dienone is 2. The Balaban J connectivity index is 3.19. The summed E-state index contributed by atoms with van der Waals surface area (Å²) in [6, 6.07) is 4.39. The van der Waals surface area contributed by atoms with Crippen LogP contribution in [0.4, 0.5) is 74.6 Å². The molecule has 0 radical (unpaired) electrons. The number of rotatable bonds is 21. The molecule has 1 amide bonds. The van der Waals surface area contributed by atoms with E-state index < -0.39 is 98.1 Å². The topological polar surface area (TPSA) is 88.0 Å². The molecule has 1 aromatic rings. The zero-order valence-electron chi connectivity index (χ0n) is 30.8. The van der Waals surface area contributed by atoms with Gasteiger partial charge in [0.2, 0.25) is 0 Å². The largest absolute Gasteiger partial charge is 0.491 e. The average Bonchev–Trinajstić information content (AvgIpc) is 3.06. The lowest BCUT2D eigenvalue weighted by Crippen LogP contribution is -2.74. The minimum atomic E-state index is -8.68. The molecule has 57 heavy (non-hydrogen) atoms. The van der Waals surface area contributed by atoms with Crippen molar-refractivity contribution >= 4 is 14.2 Å². The molecule has 330 valence electrons. The molecule has 0 bridgehead atoms. The molecule has 0 spiro atoms. The zero-order valence-corrected chi connectivity index (χ0v) is 31.8. The number of hydrogen-bond donors (Lipinski definition) is 3. The second-order valence-electron chi connectivity index (χ2n) is 13.8. The second-order valence-corrected chi connectivity index (χ2v) is 18.8. The van der Waals surface area contributed by atoms with E-state index in [9.17, 15) is 84.5 Å². The van der Waals surface area contributed by atoms with Crippen molar-refractivity contribution in [2.75, 3.05) is 13.2 Å². The first-order valence-corrected chi connectivity index (χ1v) is 18.8. The number of benzene rings is 1. The first kappa shape index (κ1) is 51.9. The minimum absolute atomic E-state index is 0.116. The van der Waals surface area contributed by atoms with Crippen LogP contribution in [0, 0.1) is 0 Å². The van der Waals surface area contributed by atoms with Gasteiger partial charge in [-0.15, -0.1) is 0 Å².